The van der Waals surface area contributed by atoms with Crippen molar-refractivity contribution in [1.29, 1.82) is 0 Å². The van der Waals surface area contributed by atoms with Gasteiger partial charge in [0.2, 0.25) is 0 Å². The van der Waals surface area contributed by atoms with E-state index in [0.717, 1.165) is 0 Å². The second-order valence-corrected chi connectivity index (χ2v) is 19.3. The van der Waals surface area contributed by atoms with E-state index in [4.69, 9.17) is 17.7 Å². The third kappa shape index (κ3) is 4.98. The van der Waals surface area contributed by atoms with Gasteiger partial charge in [0.05, 0.1) is 5.92 Å². The molecule has 0 spiro atoms. The van der Waals surface area contributed by atoms with Gasteiger partial charge in [-0.25, -0.2) is 0 Å². The van der Waals surface area contributed by atoms with E-state index in [9.17, 15) is 4.79 Å². The normalized spacial score (nSPS) is 15.7. The molecule has 1 atom stereocenters. The summed E-state index contributed by atoms with van der Waals surface area (Å²) in [5.74, 6) is -0.542. The molecule has 0 fully saturated rings. The summed E-state index contributed by atoms with van der Waals surface area (Å²) in [6.45, 7) is 21.7. The highest BCUT2D eigenvalue weighted by molar-refractivity contribution is 6.83. The van der Waals surface area contributed by atoms with Gasteiger partial charge < -0.3 is 17.7 Å². The summed E-state index contributed by atoms with van der Waals surface area (Å²) < 4.78 is 23.0. The van der Waals surface area contributed by atoms with Crippen LogP contribution < -0.4 is 0 Å². The van der Waals surface area contributed by atoms with E-state index < -0.39 is 17.1 Å². The molecule has 0 bridgehead atoms. The van der Waals surface area contributed by atoms with Crippen LogP contribution >= 0.6 is 0 Å². The molecule has 0 heterocycles. The third-order valence-corrected chi connectivity index (χ3v) is 15.1. The molecule has 0 aliphatic heterocycles. The molecule has 0 saturated carbocycles. The molecule has 0 amide bonds. The number of carbonyl (C=O) groups excluding carboxylic acids is 1. The number of rotatable bonds is 7. The van der Waals surface area contributed by atoms with Crippen molar-refractivity contribution < 1.29 is 22.5 Å². The SMILES string of the molecule is CO[Si](CC(C)C(=O)O[Si](C(C)(C)C)(C(C)(C)C)C(C)(C)C)(OC)OC. The van der Waals surface area contributed by atoms with Crippen LogP contribution in [0.3, 0.4) is 0 Å². The van der Waals surface area contributed by atoms with Gasteiger partial charge in [-0.2, -0.15) is 0 Å². The molecule has 156 valence electrons. The highest BCUT2D eigenvalue weighted by Crippen LogP contribution is 2.62. The standard InChI is InChI=1S/C19H42O5Si2/c1-15(14-25(21-11,22-12)23-13)16(20)24-26(17(2,3)4,18(5,6)7)19(8,9)10/h15H,14H2,1-13H3. The first-order chi connectivity index (χ1) is 11.4. The third-order valence-electron chi connectivity index (χ3n) is 5.31. The fourth-order valence-corrected chi connectivity index (χ4v) is 15.1. The summed E-state index contributed by atoms with van der Waals surface area (Å²) in [5.41, 5.74) is 0. The molecule has 5 nitrogen and oxygen atoms in total. The van der Waals surface area contributed by atoms with Gasteiger partial charge in [0.15, 0.2) is 0 Å². The van der Waals surface area contributed by atoms with E-state index >= 15 is 0 Å². The Morgan fingerprint density at radius 2 is 1.08 bits per heavy atom. The Morgan fingerprint density at radius 1 is 0.769 bits per heavy atom. The van der Waals surface area contributed by atoms with Crippen molar-refractivity contribution in [3.05, 3.63) is 0 Å². The zero-order chi connectivity index (χ0) is 21.2. The van der Waals surface area contributed by atoms with Crippen molar-refractivity contribution in [1.82, 2.24) is 0 Å². The van der Waals surface area contributed by atoms with Crippen LogP contribution in [0.15, 0.2) is 0 Å². The summed E-state index contributed by atoms with van der Waals surface area (Å²) in [6.07, 6.45) is 0. The molecule has 0 aromatic heterocycles. The summed E-state index contributed by atoms with van der Waals surface area (Å²) in [4.78, 5) is 13.2. The van der Waals surface area contributed by atoms with E-state index in [2.05, 4.69) is 62.3 Å². The van der Waals surface area contributed by atoms with Gasteiger partial charge in [0, 0.05) is 27.4 Å². The molecule has 1 unspecified atom stereocenters. The quantitative estimate of drug-likeness (QED) is 0.531. The van der Waals surface area contributed by atoms with Gasteiger partial charge in [0.1, 0.15) is 0 Å². The number of carbonyl (C=O) groups is 1. The maximum atomic E-state index is 13.2. The Labute approximate surface area is 163 Å². The summed E-state index contributed by atoms with van der Waals surface area (Å²) in [7, 11) is -0.735. The fraction of sp³-hybridized carbons (Fsp3) is 0.947. The second-order valence-electron chi connectivity index (χ2n) is 10.3. The maximum absolute atomic E-state index is 13.2. The molecular formula is C19H42O5Si2. The highest BCUT2D eigenvalue weighted by atomic mass is 28.4. The zero-order valence-electron chi connectivity index (χ0n) is 19.3. The van der Waals surface area contributed by atoms with E-state index in [1.807, 2.05) is 6.92 Å². The highest BCUT2D eigenvalue weighted by Gasteiger charge is 2.64. The summed E-state index contributed by atoms with van der Waals surface area (Å²) in [6, 6.07) is 0.401. The molecule has 0 aliphatic carbocycles. The average Bonchev–Trinajstić information content (AvgIpc) is 2.46. The Bertz CT molecular complexity index is 423. The molecular weight excluding hydrogens is 364 g/mol. The van der Waals surface area contributed by atoms with Gasteiger partial charge in [-0.05, 0) is 15.1 Å². The molecule has 7 heteroatoms. The Morgan fingerprint density at radius 3 is 1.31 bits per heavy atom. The van der Waals surface area contributed by atoms with Crippen LogP contribution in [-0.2, 0) is 22.5 Å². The lowest BCUT2D eigenvalue weighted by atomic mass is 10.2. The van der Waals surface area contributed by atoms with Crippen molar-refractivity contribution >= 4 is 23.1 Å². The molecule has 0 saturated heterocycles. The van der Waals surface area contributed by atoms with Crippen LogP contribution in [0, 0.1) is 5.92 Å². The van der Waals surface area contributed by atoms with Crippen molar-refractivity contribution in [3.63, 3.8) is 0 Å². The zero-order valence-corrected chi connectivity index (χ0v) is 21.3. The molecule has 0 aliphatic rings. The van der Waals surface area contributed by atoms with Crippen LogP contribution in [0.5, 0.6) is 0 Å². The maximum Gasteiger partial charge on any atom is 0.501 e. The molecule has 0 aromatic carbocycles. The minimum atomic E-state index is -2.84. The largest absolute Gasteiger partial charge is 0.517 e. The van der Waals surface area contributed by atoms with Gasteiger partial charge >= 0.3 is 8.80 Å². The monoisotopic (exact) mass is 406 g/mol. The van der Waals surface area contributed by atoms with Crippen LogP contribution in [-0.4, -0.2) is 44.4 Å². The first-order valence-electron chi connectivity index (χ1n) is 9.33. The van der Waals surface area contributed by atoms with Crippen molar-refractivity contribution in [2.24, 2.45) is 5.92 Å². The van der Waals surface area contributed by atoms with Gasteiger partial charge in [-0.15, -0.1) is 0 Å². The predicted octanol–water partition coefficient (Wildman–Crippen LogP) is 5.39. The van der Waals surface area contributed by atoms with Gasteiger partial charge in [-0.1, -0.05) is 69.2 Å². The van der Waals surface area contributed by atoms with Crippen molar-refractivity contribution in [3.8, 4) is 0 Å². The predicted molar refractivity (Wildman–Crippen MR) is 112 cm³/mol. The summed E-state index contributed by atoms with van der Waals surface area (Å²) >= 11 is 0. The first kappa shape index (κ1) is 25.8. The molecule has 0 N–H and O–H groups in total. The van der Waals surface area contributed by atoms with E-state index in [0.29, 0.717) is 6.04 Å². The average molecular weight is 407 g/mol. The summed E-state index contributed by atoms with van der Waals surface area (Å²) in [5, 5.41) is -0.342. The smallest absolute Gasteiger partial charge is 0.501 e. The second kappa shape index (κ2) is 8.43. The van der Waals surface area contributed by atoms with Crippen LogP contribution in [0.2, 0.25) is 21.2 Å². The van der Waals surface area contributed by atoms with Crippen LogP contribution in [0.4, 0.5) is 0 Å². The lowest BCUT2D eigenvalue weighted by Gasteiger charge is -2.57. The lowest BCUT2D eigenvalue weighted by Crippen LogP contribution is -2.62. The van der Waals surface area contributed by atoms with Crippen LogP contribution in [0.25, 0.3) is 0 Å². The fourth-order valence-electron chi connectivity index (χ4n) is 5.04. The first-order valence-corrected chi connectivity index (χ1v) is 13.2. The van der Waals surface area contributed by atoms with E-state index in [1.54, 1.807) is 21.3 Å². The van der Waals surface area contributed by atoms with E-state index in [1.165, 1.54) is 0 Å². The lowest BCUT2D eigenvalue weighted by molar-refractivity contribution is -0.140. The van der Waals surface area contributed by atoms with Gasteiger partial charge in [-0.3, -0.25) is 4.79 Å². The molecule has 0 aromatic rings. The van der Waals surface area contributed by atoms with Crippen molar-refractivity contribution in [2.45, 2.75) is 90.4 Å². The minimum Gasteiger partial charge on any atom is -0.517 e. The number of hydrogen-bond donors (Lipinski definition) is 0. The topological polar surface area (TPSA) is 54.0 Å². The Balaban J connectivity index is 5.92. The van der Waals surface area contributed by atoms with Crippen LogP contribution in [0.1, 0.15) is 69.2 Å². The minimum absolute atomic E-state index is 0.114. The van der Waals surface area contributed by atoms with E-state index in [-0.39, 0.29) is 27.0 Å². The molecule has 26 heavy (non-hydrogen) atoms. The van der Waals surface area contributed by atoms with Gasteiger partial charge in [0.25, 0.3) is 14.3 Å². The number of hydrogen-bond acceptors (Lipinski definition) is 5. The molecule has 0 radical (unpaired) electrons. The molecule has 0 rings (SSSR count). The Kier molecular flexibility index (Phi) is 8.36. The Hall–Kier alpha value is -0.216. The van der Waals surface area contributed by atoms with Crippen molar-refractivity contribution in [2.75, 3.05) is 21.3 Å².